The van der Waals surface area contributed by atoms with Gasteiger partial charge in [-0.2, -0.15) is 0 Å². The molecule has 21 heavy (non-hydrogen) atoms. The summed E-state index contributed by atoms with van der Waals surface area (Å²) in [5, 5.41) is 4.49. The van der Waals surface area contributed by atoms with Gasteiger partial charge in [-0.3, -0.25) is 0 Å². The molecule has 0 aliphatic rings. The molecule has 0 aliphatic heterocycles. The van der Waals surface area contributed by atoms with Gasteiger partial charge in [0.05, 0.1) is 24.9 Å². The molecule has 1 heterocycles. The van der Waals surface area contributed by atoms with Crippen LogP contribution in [-0.2, 0) is 22.4 Å². The lowest BCUT2D eigenvalue weighted by molar-refractivity contribution is 0.183. The summed E-state index contributed by atoms with van der Waals surface area (Å²) in [6.07, 6.45) is 2.15. The van der Waals surface area contributed by atoms with Gasteiger partial charge < -0.3 is 19.7 Å². The van der Waals surface area contributed by atoms with E-state index in [-0.39, 0.29) is 0 Å². The lowest BCUT2D eigenvalue weighted by Gasteiger charge is -2.23. The van der Waals surface area contributed by atoms with Gasteiger partial charge in [-0.05, 0) is 13.3 Å². The largest absolute Gasteiger partial charge is 0.383 e. The second-order valence-corrected chi connectivity index (χ2v) is 6.26. The Bertz CT molecular complexity index is 398. The van der Waals surface area contributed by atoms with Gasteiger partial charge in [0.1, 0.15) is 0 Å². The standard InChI is InChI=1S/C15H29N3O2S/c1-6-7-13-14(10-16-8-9-19-4)21-15(17-13)18(3)12(2)11-20-5/h12,16H,6-11H2,1-5H3. The number of nitrogens with one attached hydrogen (secondary N) is 1. The molecule has 1 rings (SSSR count). The zero-order valence-corrected chi connectivity index (χ0v) is 14.8. The highest BCUT2D eigenvalue weighted by Gasteiger charge is 2.17. The first-order valence-electron chi connectivity index (χ1n) is 7.54. The van der Waals surface area contributed by atoms with E-state index in [1.165, 1.54) is 10.6 Å². The van der Waals surface area contributed by atoms with Crippen molar-refractivity contribution in [3.8, 4) is 0 Å². The van der Waals surface area contributed by atoms with Crippen LogP contribution < -0.4 is 10.2 Å². The molecule has 0 saturated heterocycles. The number of anilines is 1. The minimum absolute atomic E-state index is 0.324. The van der Waals surface area contributed by atoms with E-state index in [0.717, 1.165) is 37.7 Å². The van der Waals surface area contributed by atoms with Gasteiger partial charge in [0.25, 0.3) is 0 Å². The van der Waals surface area contributed by atoms with Crippen LogP contribution in [0, 0.1) is 0 Å². The average Bonchev–Trinajstić information content (AvgIpc) is 2.86. The molecular weight excluding hydrogens is 286 g/mol. The van der Waals surface area contributed by atoms with Crippen molar-refractivity contribution in [2.24, 2.45) is 0 Å². The zero-order chi connectivity index (χ0) is 15.7. The summed E-state index contributed by atoms with van der Waals surface area (Å²) < 4.78 is 10.3. The fourth-order valence-electron chi connectivity index (χ4n) is 2.01. The lowest BCUT2D eigenvalue weighted by Crippen LogP contribution is -2.32. The summed E-state index contributed by atoms with van der Waals surface area (Å²) in [4.78, 5) is 8.35. The second-order valence-electron chi connectivity index (χ2n) is 5.20. The van der Waals surface area contributed by atoms with Crippen LogP contribution >= 0.6 is 11.3 Å². The molecule has 0 aliphatic carbocycles. The van der Waals surface area contributed by atoms with Gasteiger partial charge in [-0.1, -0.05) is 13.3 Å². The van der Waals surface area contributed by atoms with Gasteiger partial charge in [0.15, 0.2) is 5.13 Å². The molecule has 0 amide bonds. The normalized spacial score (nSPS) is 12.6. The van der Waals surface area contributed by atoms with E-state index in [2.05, 4.69) is 31.1 Å². The maximum atomic E-state index is 5.23. The first kappa shape index (κ1) is 18.4. The summed E-state index contributed by atoms with van der Waals surface area (Å²) >= 11 is 1.78. The predicted molar refractivity (Wildman–Crippen MR) is 89.4 cm³/mol. The molecule has 0 bridgehead atoms. The van der Waals surface area contributed by atoms with Crippen LogP contribution in [0.2, 0.25) is 0 Å². The minimum atomic E-state index is 0.324. The first-order valence-corrected chi connectivity index (χ1v) is 8.35. The summed E-state index contributed by atoms with van der Waals surface area (Å²) in [5.41, 5.74) is 1.22. The smallest absolute Gasteiger partial charge is 0.185 e. The molecule has 0 fully saturated rings. The molecule has 1 atom stereocenters. The SMILES string of the molecule is CCCc1nc(N(C)C(C)COC)sc1CNCCOC. The Balaban J connectivity index is 2.72. The third-order valence-corrected chi connectivity index (χ3v) is 4.58. The van der Waals surface area contributed by atoms with Crippen LogP contribution in [0.25, 0.3) is 0 Å². The molecule has 1 aromatic rings. The van der Waals surface area contributed by atoms with Crippen molar-refractivity contribution in [1.29, 1.82) is 0 Å². The number of likely N-dealkylation sites (N-methyl/N-ethyl adjacent to an activating group) is 1. The molecule has 122 valence electrons. The van der Waals surface area contributed by atoms with Gasteiger partial charge in [0, 0.05) is 39.2 Å². The summed E-state index contributed by atoms with van der Waals surface area (Å²) in [5.74, 6) is 0. The second kappa shape index (κ2) is 10.1. The molecular formula is C15H29N3O2S. The van der Waals surface area contributed by atoms with E-state index in [4.69, 9.17) is 14.5 Å². The van der Waals surface area contributed by atoms with Crippen molar-refractivity contribution in [2.75, 3.05) is 45.9 Å². The Morgan fingerprint density at radius 2 is 2.10 bits per heavy atom. The van der Waals surface area contributed by atoms with Crippen LogP contribution in [0.1, 0.15) is 30.8 Å². The number of methoxy groups -OCH3 is 2. The maximum Gasteiger partial charge on any atom is 0.185 e. The number of hydrogen-bond donors (Lipinski definition) is 1. The third kappa shape index (κ3) is 5.90. The van der Waals surface area contributed by atoms with Gasteiger partial charge in [-0.25, -0.2) is 4.98 Å². The van der Waals surface area contributed by atoms with E-state index in [0.29, 0.717) is 12.6 Å². The number of ether oxygens (including phenoxy) is 2. The third-order valence-electron chi connectivity index (χ3n) is 3.39. The fraction of sp³-hybridized carbons (Fsp3) is 0.800. The molecule has 5 nitrogen and oxygen atoms in total. The van der Waals surface area contributed by atoms with Crippen molar-refractivity contribution in [1.82, 2.24) is 10.3 Å². The summed E-state index contributed by atoms with van der Waals surface area (Å²) in [7, 11) is 5.54. The van der Waals surface area contributed by atoms with Crippen molar-refractivity contribution in [3.63, 3.8) is 0 Å². The summed E-state index contributed by atoms with van der Waals surface area (Å²) in [6, 6.07) is 0.324. The number of hydrogen-bond acceptors (Lipinski definition) is 6. The molecule has 0 spiro atoms. The molecule has 0 aromatic carbocycles. The van der Waals surface area contributed by atoms with E-state index >= 15 is 0 Å². The van der Waals surface area contributed by atoms with Crippen LogP contribution in [0.4, 0.5) is 5.13 Å². The summed E-state index contributed by atoms with van der Waals surface area (Å²) in [6.45, 7) is 7.52. The highest BCUT2D eigenvalue weighted by Crippen LogP contribution is 2.27. The Hall–Kier alpha value is -0.690. The molecule has 1 N–H and O–H groups in total. The topological polar surface area (TPSA) is 46.6 Å². The number of thiazole rings is 1. The van der Waals surface area contributed by atoms with Gasteiger partial charge >= 0.3 is 0 Å². The maximum absolute atomic E-state index is 5.23. The van der Waals surface area contributed by atoms with Crippen LogP contribution in [0.15, 0.2) is 0 Å². The van der Waals surface area contributed by atoms with E-state index in [9.17, 15) is 0 Å². The van der Waals surface area contributed by atoms with Crippen molar-refractivity contribution in [3.05, 3.63) is 10.6 Å². The van der Waals surface area contributed by atoms with Gasteiger partial charge in [-0.15, -0.1) is 11.3 Å². The molecule has 0 radical (unpaired) electrons. The molecule has 6 heteroatoms. The van der Waals surface area contributed by atoms with Crippen LogP contribution in [0.5, 0.6) is 0 Å². The number of rotatable bonds is 11. The Morgan fingerprint density at radius 3 is 2.71 bits per heavy atom. The van der Waals surface area contributed by atoms with E-state index in [1.807, 2.05) is 0 Å². The van der Waals surface area contributed by atoms with Crippen molar-refractivity contribution >= 4 is 16.5 Å². The van der Waals surface area contributed by atoms with Crippen molar-refractivity contribution < 1.29 is 9.47 Å². The number of nitrogens with zero attached hydrogens (tertiary/aromatic N) is 2. The number of aryl methyl sites for hydroxylation is 1. The number of aromatic nitrogens is 1. The average molecular weight is 315 g/mol. The molecule has 1 aromatic heterocycles. The zero-order valence-electron chi connectivity index (χ0n) is 13.9. The van der Waals surface area contributed by atoms with Crippen molar-refractivity contribution in [2.45, 2.75) is 39.3 Å². The molecule has 1 unspecified atom stereocenters. The Labute approximate surface area is 132 Å². The lowest BCUT2D eigenvalue weighted by atomic mass is 10.2. The first-order chi connectivity index (χ1) is 10.1. The van der Waals surface area contributed by atoms with E-state index < -0.39 is 0 Å². The quantitative estimate of drug-likeness (QED) is 0.635. The monoisotopic (exact) mass is 315 g/mol. The highest BCUT2D eigenvalue weighted by atomic mass is 32.1. The molecule has 0 saturated carbocycles. The van der Waals surface area contributed by atoms with Gasteiger partial charge in [0.2, 0.25) is 0 Å². The minimum Gasteiger partial charge on any atom is -0.383 e. The van der Waals surface area contributed by atoms with Crippen LogP contribution in [0.3, 0.4) is 0 Å². The Morgan fingerprint density at radius 1 is 1.33 bits per heavy atom. The highest BCUT2D eigenvalue weighted by molar-refractivity contribution is 7.15. The van der Waals surface area contributed by atoms with Crippen LogP contribution in [-0.4, -0.2) is 52.1 Å². The Kier molecular flexibility index (Phi) is 8.84. The van der Waals surface area contributed by atoms with E-state index in [1.54, 1.807) is 25.6 Å². The fourth-order valence-corrected chi connectivity index (χ4v) is 3.15. The predicted octanol–water partition coefficient (Wildman–Crippen LogP) is 2.30.